The van der Waals surface area contributed by atoms with Crippen LogP contribution in [0, 0.1) is 0 Å². The average molecular weight is 286 g/mol. The molecule has 6 heteroatoms. The van der Waals surface area contributed by atoms with Crippen LogP contribution in [-0.4, -0.2) is 42.2 Å². The van der Waals surface area contributed by atoms with Crippen molar-refractivity contribution in [1.82, 2.24) is 4.90 Å². The molecule has 1 aliphatic heterocycles. The summed E-state index contributed by atoms with van der Waals surface area (Å²) in [5.41, 5.74) is 5.52. The molecule has 0 aliphatic carbocycles. The molecule has 104 valence electrons. The Labute approximate surface area is 116 Å². The van der Waals surface area contributed by atoms with Gasteiger partial charge in [-0.2, -0.15) is 8.78 Å². The zero-order valence-corrected chi connectivity index (χ0v) is 11.2. The highest BCUT2D eigenvalue weighted by atomic mass is 32.1. The van der Waals surface area contributed by atoms with Crippen molar-refractivity contribution in [2.45, 2.75) is 12.0 Å². The molecule has 1 fully saturated rings. The molecule has 0 amide bonds. The highest BCUT2D eigenvalue weighted by Crippen LogP contribution is 2.29. The van der Waals surface area contributed by atoms with Crippen LogP contribution in [0.1, 0.15) is 5.56 Å². The molecule has 1 unspecified atom stereocenters. The van der Waals surface area contributed by atoms with Crippen LogP contribution in [0.5, 0.6) is 0 Å². The Balaban J connectivity index is 2.02. The molecule has 0 bridgehead atoms. The fraction of sp³-hybridized carbons (Fsp3) is 0.462. The second kappa shape index (κ2) is 5.90. The van der Waals surface area contributed by atoms with Gasteiger partial charge in [0.2, 0.25) is 0 Å². The number of hydrogen-bond donors (Lipinski definition) is 1. The molecule has 0 aromatic heterocycles. The molecule has 19 heavy (non-hydrogen) atoms. The summed E-state index contributed by atoms with van der Waals surface area (Å²) in [4.78, 5) is 1.85. The maximum Gasteiger partial charge on any atom is 0.285 e. The lowest BCUT2D eigenvalue weighted by molar-refractivity contribution is -0.0705. The van der Waals surface area contributed by atoms with Gasteiger partial charge in [0.15, 0.2) is 0 Å². The van der Waals surface area contributed by atoms with E-state index in [0.717, 1.165) is 0 Å². The second-order valence-corrected chi connectivity index (χ2v) is 5.04. The van der Waals surface area contributed by atoms with Gasteiger partial charge in [-0.25, -0.2) is 0 Å². The van der Waals surface area contributed by atoms with E-state index >= 15 is 0 Å². The molecule has 1 heterocycles. The molecule has 0 saturated carbocycles. The van der Waals surface area contributed by atoms with E-state index in [2.05, 4.69) is 0 Å². The van der Waals surface area contributed by atoms with Crippen molar-refractivity contribution in [3.05, 3.63) is 35.9 Å². The first kappa shape index (κ1) is 14.3. The third-order valence-corrected chi connectivity index (χ3v) is 3.35. The van der Waals surface area contributed by atoms with Gasteiger partial charge in [-0.1, -0.05) is 42.5 Å². The quantitative estimate of drug-likeness (QED) is 0.856. The number of ether oxygens (including phenoxy) is 1. The molecule has 3 nitrogen and oxygen atoms in total. The van der Waals surface area contributed by atoms with E-state index in [4.69, 9.17) is 22.7 Å². The van der Waals surface area contributed by atoms with Crippen molar-refractivity contribution in [2.24, 2.45) is 5.73 Å². The Morgan fingerprint density at radius 1 is 1.42 bits per heavy atom. The van der Waals surface area contributed by atoms with Crippen molar-refractivity contribution in [3.8, 4) is 0 Å². The van der Waals surface area contributed by atoms with E-state index in [1.165, 1.54) is 12.1 Å². The van der Waals surface area contributed by atoms with Gasteiger partial charge in [0.1, 0.15) is 11.1 Å². The minimum atomic E-state index is -2.89. The standard InChI is InChI=1S/C13H16F2N2OS/c14-13(15,10-4-2-1-3-5-10)9-17-6-7-18-11(8-17)12(16)19/h1-5,11H,6-9H2,(H2,16,19). The lowest BCUT2D eigenvalue weighted by atomic mass is 10.1. The maximum atomic E-state index is 14.1. The number of nitrogens with two attached hydrogens (primary N) is 1. The molecule has 1 saturated heterocycles. The van der Waals surface area contributed by atoms with Crippen LogP contribution >= 0.6 is 12.2 Å². The summed E-state index contributed by atoms with van der Waals surface area (Å²) in [7, 11) is 0. The molecule has 1 aromatic rings. The van der Waals surface area contributed by atoms with E-state index in [-0.39, 0.29) is 17.1 Å². The number of hydrogen-bond acceptors (Lipinski definition) is 3. The predicted molar refractivity (Wildman–Crippen MR) is 73.3 cm³/mol. The molecule has 2 rings (SSSR count). The summed E-state index contributed by atoms with van der Waals surface area (Å²) < 4.78 is 33.6. The number of benzene rings is 1. The summed E-state index contributed by atoms with van der Waals surface area (Å²) >= 11 is 4.84. The third kappa shape index (κ3) is 3.68. The van der Waals surface area contributed by atoms with Gasteiger partial charge in [0.05, 0.1) is 13.2 Å². The topological polar surface area (TPSA) is 38.5 Å². The molecule has 1 atom stereocenters. The minimum Gasteiger partial charge on any atom is -0.391 e. The molecular weight excluding hydrogens is 270 g/mol. The number of morpholine rings is 1. The zero-order valence-electron chi connectivity index (χ0n) is 10.4. The molecule has 0 radical (unpaired) electrons. The Morgan fingerprint density at radius 2 is 2.11 bits per heavy atom. The van der Waals surface area contributed by atoms with Gasteiger partial charge < -0.3 is 10.5 Å². The van der Waals surface area contributed by atoms with Gasteiger partial charge in [-0.3, -0.25) is 4.90 Å². The molecular formula is C13H16F2N2OS. The first-order valence-corrected chi connectivity index (χ1v) is 6.46. The van der Waals surface area contributed by atoms with Crippen LogP contribution < -0.4 is 5.73 Å². The third-order valence-electron chi connectivity index (χ3n) is 3.09. The van der Waals surface area contributed by atoms with Crippen LogP contribution in [0.4, 0.5) is 8.78 Å². The second-order valence-electron chi connectivity index (χ2n) is 4.57. The molecule has 1 aromatic carbocycles. The number of alkyl halides is 2. The summed E-state index contributed by atoms with van der Waals surface area (Å²) in [5.74, 6) is -2.89. The minimum absolute atomic E-state index is 0.0216. The molecule has 0 spiro atoms. The Hall–Kier alpha value is -1.11. The summed E-state index contributed by atoms with van der Waals surface area (Å²) in [6.45, 7) is 0.797. The summed E-state index contributed by atoms with van der Waals surface area (Å²) in [6.07, 6.45) is -0.435. The fourth-order valence-corrected chi connectivity index (χ4v) is 2.21. The van der Waals surface area contributed by atoms with E-state index in [0.29, 0.717) is 19.7 Å². The van der Waals surface area contributed by atoms with Crippen LogP contribution in [0.3, 0.4) is 0 Å². The van der Waals surface area contributed by atoms with Crippen molar-refractivity contribution in [3.63, 3.8) is 0 Å². The van der Waals surface area contributed by atoms with Crippen molar-refractivity contribution in [1.29, 1.82) is 0 Å². The van der Waals surface area contributed by atoms with Gasteiger partial charge >= 0.3 is 0 Å². The van der Waals surface area contributed by atoms with Gasteiger partial charge in [0, 0.05) is 18.7 Å². The Bertz CT molecular complexity index is 442. The number of thiocarbonyl (C=S) groups is 1. The monoisotopic (exact) mass is 286 g/mol. The number of rotatable bonds is 4. The smallest absolute Gasteiger partial charge is 0.285 e. The highest BCUT2D eigenvalue weighted by molar-refractivity contribution is 7.80. The van der Waals surface area contributed by atoms with Gasteiger partial charge in [-0.05, 0) is 0 Å². The van der Waals surface area contributed by atoms with Gasteiger partial charge in [-0.15, -0.1) is 0 Å². The molecule has 2 N–H and O–H groups in total. The maximum absolute atomic E-state index is 14.1. The largest absolute Gasteiger partial charge is 0.391 e. The normalized spacial score (nSPS) is 21.3. The van der Waals surface area contributed by atoms with Gasteiger partial charge in [0.25, 0.3) is 5.92 Å². The first-order valence-electron chi connectivity index (χ1n) is 6.05. The number of halogens is 2. The first-order chi connectivity index (χ1) is 8.99. The predicted octanol–water partition coefficient (Wildman–Crippen LogP) is 1.77. The lowest BCUT2D eigenvalue weighted by Crippen LogP contribution is -2.50. The Morgan fingerprint density at radius 3 is 2.74 bits per heavy atom. The Kier molecular flexibility index (Phi) is 4.44. The lowest BCUT2D eigenvalue weighted by Gasteiger charge is -2.34. The SMILES string of the molecule is NC(=S)C1CN(CC(F)(F)c2ccccc2)CCO1. The van der Waals surface area contributed by atoms with Crippen LogP contribution in [0.25, 0.3) is 0 Å². The van der Waals surface area contributed by atoms with Crippen LogP contribution in [0.2, 0.25) is 0 Å². The van der Waals surface area contributed by atoms with Crippen molar-refractivity contribution in [2.75, 3.05) is 26.2 Å². The molecule has 1 aliphatic rings. The average Bonchev–Trinajstić information content (AvgIpc) is 2.39. The van der Waals surface area contributed by atoms with E-state index < -0.39 is 12.0 Å². The van der Waals surface area contributed by atoms with E-state index in [1.807, 2.05) is 0 Å². The van der Waals surface area contributed by atoms with Crippen LogP contribution in [-0.2, 0) is 10.7 Å². The van der Waals surface area contributed by atoms with E-state index in [9.17, 15) is 8.78 Å². The van der Waals surface area contributed by atoms with Crippen molar-refractivity contribution < 1.29 is 13.5 Å². The highest BCUT2D eigenvalue weighted by Gasteiger charge is 2.35. The summed E-state index contributed by atoms with van der Waals surface area (Å²) in [6, 6.07) is 7.81. The number of nitrogens with zero attached hydrogens (tertiary/aromatic N) is 1. The zero-order chi connectivity index (χ0) is 13.9. The van der Waals surface area contributed by atoms with E-state index in [1.54, 1.807) is 23.1 Å². The fourth-order valence-electron chi connectivity index (χ4n) is 2.07. The summed E-state index contributed by atoms with van der Waals surface area (Å²) in [5, 5.41) is 0. The van der Waals surface area contributed by atoms with Crippen LogP contribution in [0.15, 0.2) is 30.3 Å². The van der Waals surface area contributed by atoms with Crippen molar-refractivity contribution >= 4 is 17.2 Å².